The fourth-order valence-corrected chi connectivity index (χ4v) is 2.93. The number of nitrogens with two attached hydrogens (primary N) is 1. The Morgan fingerprint density at radius 2 is 2.10 bits per heavy atom. The highest BCUT2D eigenvalue weighted by Crippen LogP contribution is 2.35. The first kappa shape index (κ1) is 14.0. The zero-order chi connectivity index (χ0) is 14.7. The van der Waals surface area contributed by atoms with Gasteiger partial charge in [-0.1, -0.05) is 24.4 Å². The van der Waals surface area contributed by atoms with Gasteiger partial charge in [0.05, 0.1) is 11.9 Å². The first-order valence-corrected chi connectivity index (χ1v) is 7.36. The number of ether oxygens (including phenoxy) is 1. The molecule has 6 heteroatoms. The second-order valence-electron chi connectivity index (χ2n) is 5.49. The number of nitrogen functional groups attached to an aromatic ring is 1. The molecule has 0 radical (unpaired) electrons. The fourth-order valence-electron chi connectivity index (χ4n) is 2.93. The number of methoxy groups -OCH3 is 1. The van der Waals surface area contributed by atoms with Crippen molar-refractivity contribution in [1.29, 1.82) is 0 Å². The Morgan fingerprint density at radius 3 is 2.76 bits per heavy atom. The summed E-state index contributed by atoms with van der Waals surface area (Å²) in [6.07, 6.45) is 7.58. The summed E-state index contributed by atoms with van der Waals surface area (Å²) in [4.78, 5) is 8.65. The number of hydrogen-bond donors (Lipinski definition) is 1. The molecule has 0 spiro atoms. The van der Waals surface area contributed by atoms with Crippen molar-refractivity contribution in [2.75, 3.05) is 12.8 Å². The van der Waals surface area contributed by atoms with Gasteiger partial charge in [0.2, 0.25) is 5.82 Å². The zero-order valence-electron chi connectivity index (χ0n) is 12.2. The third-order valence-corrected chi connectivity index (χ3v) is 4.03. The molecule has 0 aromatic carbocycles. The molecule has 2 aromatic heterocycles. The first-order valence-electron chi connectivity index (χ1n) is 7.36. The Hall–Kier alpha value is -1.95. The predicted octanol–water partition coefficient (Wildman–Crippen LogP) is 2.98. The minimum Gasteiger partial charge on any atom is -0.397 e. The second-order valence-corrected chi connectivity index (χ2v) is 5.49. The van der Waals surface area contributed by atoms with Gasteiger partial charge < -0.3 is 15.0 Å². The van der Waals surface area contributed by atoms with Crippen LogP contribution < -0.4 is 5.73 Å². The van der Waals surface area contributed by atoms with Crippen LogP contribution in [-0.4, -0.2) is 22.2 Å². The van der Waals surface area contributed by atoms with E-state index in [1.807, 2.05) is 0 Å². The van der Waals surface area contributed by atoms with Gasteiger partial charge in [0.15, 0.2) is 0 Å². The van der Waals surface area contributed by atoms with Crippen molar-refractivity contribution in [3.63, 3.8) is 0 Å². The number of nitrogens with zero attached hydrogens (tertiary/aromatic N) is 3. The van der Waals surface area contributed by atoms with E-state index in [-0.39, 0.29) is 6.10 Å². The molecule has 0 amide bonds. The van der Waals surface area contributed by atoms with Crippen molar-refractivity contribution in [1.82, 2.24) is 15.1 Å². The summed E-state index contributed by atoms with van der Waals surface area (Å²) in [6.45, 7) is 0. The summed E-state index contributed by atoms with van der Waals surface area (Å²) in [5, 5.41) is 4.08. The lowest BCUT2D eigenvalue weighted by Crippen LogP contribution is -2.19. The van der Waals surface area contributed by atoms with Crippen LogP contribution in [0.25, 0.3) is 11.6 Å². The van der Waals surface area contributed by atoms with Crippen molar-refractivity contribution >= 4 is 5.69 Å². The number of rotatable bonds is 4. The van der Waals surface area contributed by atoms with E-state index in [4.69, 9.17) is 15.0 Å². The van der Waals surface area contributed by atoms with E-state index >= 15 is 0 Å². The molecule has 21 heavy (non-hydrogen) atoms. The highest BCUT2D eigenvalue weighted by molar-refractivity contribution is 5.50. The normalized spacial score (nSPS) is 17.8. The van der Waals surface area contributed by atoms with E-state index in [0.717, 1.165) is 12.8 Å². The van der Waals surface area contributed by atoms with Crippen LogP contribution in [0, 0.1) is 5.92 Å². The van der Waals surface area contributed by atoms with E-state index in [1.165, 1.54) is 19.3 Å². The smallest absolute Gasteiger partial charge is 0.276 e. The molecule has 2 aromatic rings. The lowest BCUT2D eigenvalue weighted by Gasteiger charge is -2.26. The zero-order valence-corrected chi connectivity index (χ0v) is 12.2. The lowest BCUT2D eigenvalue weighted by atomic mass is 9.85. The van der Waals surface area contributed by atoms with E-state index < -0.39 is 0 Å². The first-order chi connectivity index (χ1) is 10.3. The molecule has 6 nitrogen and oxygen atoms in total. The van der Waals surface area contributed by atoms with Crippen LogP contribution in [0.1, 0.15) is 44.0 Å². The SMILES string of the molecule is COC(c1noc(-c2ccc(N)cn2)n1)C1CCCCC1. The van der Waals surface area contributed by atoms with E-state index in [0.29, 0.717) is 29.0 Å². The number of anilines is 1. The molecule has 2 N–H and O–H groups in total. The van der Waals surface area contributed by atoms with Gasteiger partial charge in [-0.2, -0.15) is 4.98 Å². The number of pyridine rings is 1. The average Bonchev–Trinajstić information content (AvgIpc) is 2.99. The fraction of sp³-hybridized carbons (Fsp3) is 0.533. The maximum atomic E-state index is 5.63. The topological polar surface area (TPSA) is 87.1 Å². The molecular weight excluding hydrogens is 268 g/mol. The number of aromatic nitrogens is 3. The monoisotopic (exact) mass is 288 g/mol. The highest BCUT2D eigenvalue weighted by atomic mass is 16.5. The molecule has 1 fully saturated rings. The predicted molar refractivity (Wildman–Crippen MR) is 78.3 cm³/mol. The third kappa shape index (κ3) is 3.05. The Labute approximate surface area is 123 Å². The largest absolute Gasteiger partial charge is 0.397 e. The summed E-state index contributed by atoms with van der Waals surface area (Å²) in [7, 11) is 1.71. The van der Waals surface area contributed by atoms with Crippen molar-refractivity contribution in [2.24, 2.45) is 5.92 Å². The summed E-state index contributed by atoms with van der Waals surface area (Å²) < 4.78 is 10.9. The van der Waals surface area contributed by atoms with Crippen molar-refractivity contribution in [3.8, 4) is 11.6 Å². The molecule has 0 bridgehead atoms. The van der Waals surface area contributed by atoms with Gasteiger partial charge in [0, 0.05) is 7.11 Å². The maximum Gasteiger partial charge on any atom is 0.276 e. The molecule has 2 heterocycles. The quantitative estimate of drug-likeness (QED) is 0.930. The molecule has 1 aliphatic rings. The molecule has 1 aliphatic carbocycles. The summed E-state index contributed by atoms with van der Waals surface area (Å²) in [5.74, 6) is 1.48. The minimum absolute atomic E-state index is 0.100. The van der Waals surface area contributed by atoms with Crippen LogP contribution >= 0.6 is 0 Å². The Kier molecular flexibility index (Phi) is 4.15. The Balaban J connectivity index is 1.80. The molecule has 112 valence electrons. The van der Waals surface area contributed by atoms with E-state index in [1.54, 1.807) is 25.4 Å². The maximum absolute atomic E-state index is 5.63. The molecule has 1 atom stereocenters. The van der Waals surface area contributed by atoms with Gasteiger partial charge >= 0.3 is 0 Å². The Morgan fingerprint density at radius 1 is 1.29 bits per heavy atom. The van der Waals surface area contributed by atoms with Crippen molar-refractivity contribution in [2.45, 2.75) is 38.2 Å². The van der Waals surface area contributed by atoms with Crippen molar-refractivity contribution in [3.05, 3.63) is 24.2 Å². The van der Waals surface area contributed by atoms with Crippen LogP contribution in [0.15, 0.2) is 22.9 Å². The molecule has 3 rings (SSSR count). The molecule has 0 saturated heterocycles. The van der Waals surface area contributed by atoms with E-state index in [2.05, 4.69) is 15.1 Å². The molecule has 1 unspecified atom stereocenters. The standard InChI is InChI=1S/C15H20N4O2/c1-20-13(10-5-3-2-4-6-10)14-18-15(21-19-14)12-8-7-11(16)9-17-12/h7-10,13H,2-6,16H2,1H3. The molecule has 1 saturated carbocycles. The van der Waals surface area contributed by atoms with Crippen molar-refractivity contribution < 1.29 is 9.26 Å². The van der Waals surface area contributed by atoms with Crippen LogP contribution in [0.5, 0.6) is 0 Å². The van der Waals surface area contributed by atoms with Crippen LogP contribution in [0.4, 0.5) is 5.69 Å². The Bertz CT molecular complexity index is 576. The third-order valence-electron chi connectivity index (χ3n) is 4.03. The molecule has 0 aliphatic heterocycles. The second kappa shape index (κ2) is 6.22. The van der Waals surface area contributed by atoms with Gasteiger partial charge in [-0.3, -0.25) is 0 Å². The summed E-state index contributed by atoms with van der Waals surface area (Å²) in [5.41, 5.74) is 6.86. The van der Waals surface area contributed by atoms with Gasteiger partial charge in [-0.15, -0.1) is 0 Å². The minimum atomic E-state index is -0.100. The van der Waals surface area contributed by atoms with Gasteiger partial charge in [-0.25, -0.2) is 4.98 Å². The van der Waals surface area contributed by atoms with Crippen LogP contribution in [0.3, 0.4) is 0 Å². The average molecular weight is 288 g/mol. The van der Waals surface area contributed by atoms with Crippen LogP contribution in [0.2, 0.25) is 0 Å². The lowest BCUT2D eigenvalue weighted by molar-refractivity contribution is 0.0274. The summed E-state index contributed by atoms with van der Waals surface area (Å²) in [6, 6.07) is 3.54. The highest BCUT2D eigenvalue weighted by Gasteiger charge is 2.29. The number of hydrogen-bond acceptors (Lipinski definition) is 6. The van der Waals surface area contributed by atoms with Crippen LogP contribution in [-0.2, 0) is 4.74 Å². The van der Waals surface area contributed by atoms with E-state index in [9.17, 15) is 0 Å². The van der Waals surface area contributed by atoms with Gasteiger partial charge in [-0.05, 0) is 30.9 Å². The van der Waals surface area contributed by atoms with Gasteiger partial charge in [0.1, 0.15) is 11.8 Å². The molecular formula is C15H20N4O2. The van der Waals surface area contributed by atoms with Gasteiger partial charge in [0.25, 0.3) is 5.89 Å². The summed E-state index contributed by atoms with van der Waals surface area (Å²) >= 11 is 0.